The van der Waals surface area contributed by atoms with Crippen molar-refractivity contribution >= 4 is 22.6 Å². The number of anilines is 1. The maximum Gasteiger partial charge on any atom is 0.272 e. The highest BCUT2D eigenvalue weighted by atomic mass is 16.2. The Kier molecular flexibility index (Phi) is 4.77. The van der Waals surface area contributed by atoms with Crippen LogP contribution in [0.15, 0.2) is 72.9 Å². The molecule has 0 radical (unpaired) electrons. The first-order valence-corrected chi connectivity index (χ1v) is 9.93. The quantitative estimate of drug-likeness (QED) is 0.530. The van der Waals surface area contributed by atoms with E-state index in [0.29, 0.717) is 31.9 Å². The number of nitrogens with zero attached hydrogens (tertiary/aromatic N) is 6. The summed E-state index contributed by atoms with van der Waals surface area (Å²) in [4.78, 5) is 25.7. The monoisotopic (exact) mass is 396 g/mol. The summed E-state index contributed by atoms with van der Waals surface area (Å²) < 4.78 is 0. The number of pyridine rings is 2. The first-order chi connectivity index (χ1) is 14.8. The van der Waals surface area contributed by atoms with Crippen molar-refractivity contribution in [1.82, 2.24) is 25.1 Å². The maximum atomic E-state index is 12.9. The van der Waals surface area contributed by atoms with Crippen molar-refractivity contribution in [2.75, 3.05) is 31.1 Å². The van der Waals surface area contributed by atoms with Gasteiger partial charge in [-0.2, -0.15) is 0 Å². The number of amides is 1. The fourth-order valence-electron chi connectivity index (χ4n) is 3.63. The van der Waals surface area contributed by atoms with Gasteiger partial charge in [-0.1, -0.05) is 30.3 Å². The lowest BCUT2D eigenvalue weighted by Crippen LogP contribution is -2.49. The van der Waals surface area contributed by atoms with E-state index in [1.165, 1.54) is 0 Å². The van der Waals surface area contributed by atoms with Gasteiger partial charge in [-0.15, -0.1) is 10.2 Å². The van der Waals surface area contributed by atoms with Gasteiger partial charge in [0.25, 0.3) is 5.91 Å². The number of hydrogen-bond acceptors (Lipinski definition) is 6. The molecule has 0 N–H and O–H groups in total. The van der Waals surface area contributed by atoms with E-state index < -0.39 is 0 Å². The van der Waals surface area contributed by atoms with Gasteiger partial charge in [-0.05, 0) is 36.4 Å². The van der Waals surface area contributed by atoms with Gasteiger partial charge in [0.1, 0.15) is 11.4 Å². The molecule has 148 valence electrons. The summed E-state index contributed by atoms with van der Waals surface area (Å²) in [7, 11) is 0. The summed E-state index contributed by atoms with van der Waals surface area (Å²) in [6, 6.07) is 21.2. The summed E-state index contributed by atoms with van der Waals surface area (Å²) in [5.41, 5.74) is 2.87. The average Bonchev–Trinajstić information content (AvgIpc) is 2.84. The van der Waals surface area contributed by atoms with E-state index >= 15 is 0 Å². The van der Waals surface area contributed by atoms with Crippen LogP contribution in [0.5, 0.6) is 0 Å². The molecule has 1 fully saturated rings. The molecule has 1 amide bonds. The Labute approximate surface area is 174 Å². The first kappa shape index (κ1) is 18.2. The Bertz CT molecular complexity index is 1170. The highest BCUT2D eigenvalue weighted by molar-refractivity contribution is 5.95. The van der Waals surface area contributed by atoms with Gasteiger partial charge in [0.15, 0.2) is 5.82 Å². The number of fused-ring (bicyclic) bond motifs is 1. The standard InChI is InChI=1S/C23H20N6O/c30-23(21-9-8-17-5-1-2-6-18(17)25-21)29-15-13-28(14-16-29)22-11-10-20(26-27-22)19-7-3-4-12-24-19/h1-12H,13-16H2. The number of benzene rings is 1. The van der Waals surface area contributed by atoms with E-state index in [2.05, 4.69) is 25.1 Å². The minimum absolute atomic E-state index is 0.0306. The molecule has 4 aromatic rings. The van der Waals surface area contributed by atoms with Crippen LogP contribution in [0.3, 0.4) is 0 Å². The van der Waals surface area contributed by atoms with Crippen LogP contribution in [0.25, 0.3) is 22.3 Å². The molecule has 0 spiro atoms. The molecule has 7 nitrogen and oxygen atoms in total. The highest BCUT2D eigenvalue weighted by Crippen LogP contribution is 2.19. The zero-order chi connectivity index (χ0) is 20.3. The van der Waals surface area contributed by atoms with Crippen molar-refractivity contribution < 1.29 is 4.79 Å². The molecule has 4 heterocycles. The fraction of sp³-hybridized carbons (Fsp3) is 0.174. The van der Waals surface area contributed by atoms with Crippen LogP contribution in [0.1, 0.15) is 10.5 Å². The molecule has 0 atom stereocenters. The Hall–Kier alpha value is -3.87. The third-order valence-corrected chi connectivity index (χ3v) is 5.29. The summed E-state index contributed by atoms with van der Waals surface area (Å²) in [6.07, 6.45) is 1.74. The lowest BCUT2D eigenvalue weighted by molar-refractivity contribution is 0.0741. The topological polar surface area (TPSA) is 75.1 Å². The zero-order valence-corrected chi connectivity index (χ0v) is 16.3. The zero-order valence-electron chi connectivity index (χ0n) is 16.3. The van der Waals surface area contributed by atoms with Gasteiger partial charge in [-0.25, -0.2) is 4.98 Å². The van der Waals surface area contributed by atoms with Gasteiger partial charge in [0.05, 0.1) is 11.2 Å². The van der Waals surface area contributed by atoms with Crippen LogP contribution in [0.2, 0.25) is 0 Å². The molecular formula is C23H20N6O. The van der Waals surface area contributed by atoms with Gasteiger partial charge >= 0.3 is 0 Å². The Morgan fingerprint density at radius 2 is 1.60 bits per heavy atom. The van der Waals surface area contributed by atoms with E-state index in [-0.39, 0.29) is 5.91 Å². The van der Waals surface area contributed by atoms with Crippen LogP contribution >= 0.6 is 0 Å². The molecule has 7 heteroatoms. The van der Waals surface area contributed by atoms with Crippen LogP contribution in [-0.2, 0) is 0 Å². The maximum absolute atomic E-state index is 12.9. The number of carbonyl (C=O) groups excluding carboxylic acids is 1. The molecule has 1 saturated heterocycles. The number of aromatic nitrogens is 4. The number of para-hydroxylation sites is 1. The molecule has 0 saturated carbocycles. The van der Waals surface area contributed by atoms with Gasteiger partial charge in [0, 0.05) is 37.8 Å². The van der Waals surface area contributed by atoms with Crippen molar-refractivity contribution in [3.05, 3.63) is 78.6 Å². The molecule has 0 unspecified atom stereocenters. The molecule has 5 rings (SSSR count). The summed E-state index contributed by atoms with van der Waals surface area (Å²) in [6.45, 7) is 2.65. The number of rotatable bonds is 3. The van der Waals surface area contributed by atoms with Crippen LogP contribution in [0.4, 0.5) is 5.82 Å². The SMILES string of the molecule is O=C(c1ccc2ccccc2n1)N1CCN(c2ccc(-c3ccccn3)nn2)CC1. The van der Waals surface area contributed by atoms with E-state index in [1.807, 2.05) is 65.6 Å². The average molecular weight is 396 g/mol. The smallest absolute Gasteiger partial charge is 0.272 e. The van der Waals surface area contributed by atoms with Crippen LogP contribution in [-0.4, -0.2) is 57.2 Å². The Balaban J connectivity index is 1.25. The molecular weight excluding hydrogens is 376 g/mol. The summed E-state index contributed by atoms with van der Waals surface area (Å²) >= 11 is 0. The molecule has 1 aromatic carbocycles. The van der Waals surface area contributed by atoms with E-state index in [1.54, 1.807) is 12.3 Å². The molecule has 1 aliphatic rings. The van der Waals surface area contributed by atoms with E-state index in [4.69, 9.17) is 0 Å². The summed E-state index contributed by atoms with van der Waals surface area (Å²) in [5, 5.41) is 9.71. The lowest BCUT2D eigenvalue weighted by Gasteiger charge is -2.35. The first-order valence-electron chi connectivity index (χ1n) is 9.93. The van der Waals surface area contributed by atoms with E-state index in [0.717, 1.165) is 28.1 Å². The van der Waals surface area contributed by atoms with Gasteiger partial charge in [-0.3, -0.25) is 9.78 Å². The third kappa shape index (κ3) is 3.57. The predicted molar refractivity (Wildman–Crippen MR) is 115 cm³/mol. The predicted octanol–water partition coefficient (Wildman–Crippen LogP) is 3.05. The van der Waals surface area contributed by atoms with Crippen LogP contribution < -0.4 is 4.90 Å². The molecule has 0 aliphatic carbocycles. The largest absolute Gasteiger partial charge is 0.352 e. The molecule has 0 bridgehead atoms. The number of hydrogen-bond donors (Lipinski definition) is 0. The van der Waals surface area contributed by atoms with Crippen molar-refractivity contribution in [3.63, 3.8) is 0 Å². The van der Waals surface area contributed by atoms with Crippen LogP contribution in [0, 0.1) is 0 Å². The second-order valence-electron chi connectivity index (χ2n) is 7.16. The molecule has 30 heavy (non-hydrogen) atoms. The third-order valence-electron chi connectivity index (χ3n) is 5.29. The minimum atomic E-state index is -0.0306. The lowest BCUT2D eigenvalue weighted by atomic mass is 10.2. The highest BCUT2D eigenvalue weighted by Gasteiger charge is 2.24. The van der Waals surface area contributed by atoms with Crippen molar-refractivity contribution in [2.24, 2.45) is 0 Å². The van der Waals surface area contributed by atoms with Crippen molar-refractivity contribution in [1.29, 1.82) is 0 Å². The van der Waals surface area contributed by atoms with Crippen molar-refractivity contribution in [2.45, 2.75) is 0 Å². The molecule has 3 aromatic heterocycles. The number of carbonyl (C=O) groups is 1. The summed E-state index contributed by atoms with van der Waals surface area (Å²) in [5.74, 6) is 0.780. The van der Waals surface area contributed by atoms with E-state index in [9.17, 15) is 4.79 Å². The fourth-order valence-corrected chi connectivity index (χ4v) is 3.63. The Morgan fingerprint density at radius 3 is 2.37 bits per heavy atom. The van der Waals surface area contributed by atoms with Crippen molar-refractivity contribution in [3.8, 4) is 11.4 Å². The van der Waals surface area contributed by atoms with Gasteiger partial charge in [0.2, 0.25) is 0 Å². The Morgan fingerprint density at radius 1 is 0.767 bits per heavy atom. The minimum Gasteiger partial charge on any atom is -0.352 e. The second-order valence-corrected chi connectivity index (χ2v) is 7.16. The number of piperazine rings is 1. The van der Waals surface area contributed by atoms with Gasteiger partial charge < -0.3 is 9.80 Å². The molecule has 1 aliphatic heterocycles. The second kappa shape index (κ2) is 7.87. The normalized spacial score (nSPS) is 14.1.